The van der Waals surface area contributed by atoms with Gasteiger partial charge >= 0.3 is 0 Å². The van der Waals surface area contributed by atoms with E-state index in [0.29, 0.717) is 0 Å². The van der Waals surface area contributed by atoms with Crippen LogP contribution >= 0.6 is 36.1 Å². The molecule has 0 bridgehead atoms. The third-order valence-electron chi connectivity index (χ3n) is 3.46. The SMILES string of the molecule is C[Si](C)(C)P(Cl)c1cccc2cccc(P(Cl)[Si](C)(C)C)c12. The molecule has 2 atom stereocenters. The van der Waals surface area contributed by atoms with E-state index in [4.69, 9.17) is 22.5 Å². The van der Waals surface area contributed by atoms with Crippen molar-refractivity contribution >= 4 is 73.0 Å². The van der Waals surface area contributed by atoms with Crippen molar-refractivity contribution in [2.75, 3.05) is 0 Å². The van der Waals surface area contributed by atoms with Crippen LogP contribution in [-0.2, 0) is 0 Å². The topological polar surface area (TPSA) is 0 Å². The second kappa shape index (κ2) is 6.83. The lowest BCUT2D eigenvalue weighted by Gasteiger charge is -2.28. The van der Waals surface area contributed by atoms with Crippen molar-refractivity contribution in [1.82, 2.24) is 0 Å². The van der Waals surface area contributed by atoms with Crippen LogP contribution in [0, 0.1) is 0 Å². The summed E-state index contributed by atoms with van der Waals surface area (Å²) in [5, 5.41) is 5.32. The molecule has 0 aliphatic heterocycles. The van der Waals surface area contributed by atoms with Crippen LogP contribution in [0.2, 0.25) is 39.3 Å². The van der Waals surface area contributed by atoms with Crippen LogP contribution < -0.4 is 10.6 Å². The van der Waals surface area contributed by atoms with Crippen molar-refractivity contribution in [3.63, 3.8) is 0 Å². The van der Waals surface area contributed by atoms with Crippen molar-refractivity contribution in [2.45, 2.75) is 39.3 Å². The predicted octanol–water partition coefficient (Wildman–Crippen LogP) is 7.03. The minimum Gasteiger partial charge on any atom is -0.0963 e. The molecule has 0 spiro atoms. The fraction of sp³-hybridized carbons (Fsp3) is 0.375. The van der Waals surface area contributed by atoms with Gasteiger partial charge < -0.3 is 0 Å². The first-order valence-electron chi connectivity index (χ1n) is 7.47. The van der Waals surface area contributed by atoms with Gasteiger partial charge in [0.1, 0.15) is 0 Å². The first-order chi connectivity index (χ1) is 10.0. The summed E-state index contributed by atoms with van der Waals surface area (Å²) in [6, 6.07) is 13.1. The van der Waals surface area contributed by atoms with Crippen molar-refractivity contribution in [2.24, 2.45) is 0 Å². The molecule has 0 N–H and O–H groups in total. The normalized spacial score (nSPS) is 15.8. The van der Waals surface area contributed by atoms with Crippen molar-refractivity contribution in [3.8, 4) is 0 Å². The van der Waals surface area contributed by atoms with E-state index in [-0.39, 0.29) is 0 Å². The van der Waals surface area contributed by atoms with Gasteiger partial charge in [-0.1, -0.05) is 98.2 Å². The van der Waals surface area contributed by atoms with Gasteiger partial charge in [-0.15, -0.1) is 0 Å². The third-order valence-corrected chi connectivity index (χ3v) is 26.1. The van der Waals surface area contributed by atoms with Crippen LogP contribution in [0.1, 0.15) is 0 Å². The van der Waals surface area contributed by atoms with E-state index < -0.39 is 29.1 Å². The second-order valence-corrected chi connectivity index (χ2v) is 32.8. The second-order valence-electron chi connectivity index (χ2n) is 7.56. The highest BCUT2D eigenvalue weighted by Gasteiger charge is 2.31. The van der Waals surface area contributed by atoms with Gasteiger partial charge in [-0.05, 0) is 21.4 Å². The number of hydrogen-bond donors (Lipinski definition) is 0. The molecule has 2 rings (SSSR count). The van der Waals surface area contributed by atoms with Gasteiger partial charge in [0.2, 0.25) is 0 Å². The third kappa shape index (κ3) is 3.97. The molecular weight excluding hydrogens is 381 g/mol. The number of fused-ring (bicyclic) bond motifs is 1. The van der Waals surface area contributed by atoms with Crippen molar-refractivity contribution in [1.29, 1.82) is 0 Å². The molecule has 0 saturated carbocycles. The zero-order chi connectivity index (χ0) is 16.7. The molecule has 2 aromatic rings. The Morgan fingerprint density at radius 3 is 1.36 bits per heavy atom. The Morgan fingerprint density at radius 1 is 0.682 bits per heavy atom. The summed E-state index contributed by atoms with van der Waals surface area (Å²) >= 11 is 13.9. The molecular formula is C16H24Cl2P2Si2. The molecule has 22 heavy (non-hydrogen) atoms. The minimum atomic E-state index is -1.42. The van der Waals surface area contributed by atoms with Gasteiger partial charge in [0.25, 0.3) is 0 Å². The fourth-order valence-electron chi connectivity index (χ4n) is 2.35. The summed E-state index contributed by atoms with van der Waals surface area (Å²) in [7, 11) is -2.83. The first-order valence-corrected chi connectivity index (χ1v) is 20.6. The minimum absolute atomic E-state index is 0.615. The summed E-state index contributed by atoms with van der Waals surface area (Å²) in [6.45, 7) is 12.9. The smallest absolute Gasteiger partial charge is 0.0962 e. The van der Waals surface area contributed by atoms with Gasteiger partial charge in [0.15, 0.2) is 0 Å². The van der Waals surface area contributed by atoms with Crippen LogP contribution in [0.3, 0.4) is 0 Å². The Kier molecular flexibility index (Phi) is 5.87. The van der Waals surface area contributed by atoms with Crippen molar-refractivity contribution < 1.29 is 0 Å². The number of rotatable bonds is 4. The van der Waals surface area contributed by atoms with Crippen LogP contribution in [0.15, 0.2) is 36.4 Å². The number of hydrogen-bond acceptors (Lipinski definition) is 0. The highest BCUT2D eigenvalue weighted by atomic mass is 35.7. The summed E-state index contributed by atoms with van der Waals surface area (Å²) in [6.07, 6.45) is 0. The molecule has 0 radical (unpaired) electrons. The predicted molar refractivity (Wildman–Crippen MR) is 115 cm³/mol. The highest BCUT2D eigenvalue weighted by Crippen LogP contribution is 2.54. The fourth-order valence-corrected chi connectivity index (χ4v) is 11.5. The average molecular weight is 405 g/mol. The summed E-state index contributed by atoms with van der Waals surface area (Å²) < 4.78 is 0. The summed E-state index contributed by atoms with van der Waals surface area (Å²) in [4.78, 5) is 0. The average Bonchev–Trinajstić information content (AvgIpc) is 2.42. The van der Waals surface area contributed by atoms with E-state index in [1.54, 1.807) is 0 Å². The van der Waals surface area contributed by atoms with E-state index in [2.05, 4.69) is 75.7 Å². The lowest BCUT2D eigenvalue weighted by molar-refractivity contribution is 1.81. The molecule has 120 valence electrons. The number of halogens is 2. The number of benzene rings is 2. The maximum Gasteiger partial charge on any atom is 0.0962 e. The quantitative estimate of drug-likeness (QED) is 0.378. The summed E-state index contributed by atoms with van der Waals surface area (Å²) in [5.74, 6) is 0. The van der Waals surface area contributed by atoms with Gasteiger partial charge in [-0.2, -0.15) is 0 Å². The highest BCUT2D eigenvalue weighted by molar-refractivity contribution is 8.17. The first kappa shape index (κ1) is 18.9. The standard InChI is InChI=1S/C16H24Cl2P2Si2/c1-21(2,3)19(17)14-11-7-9-13-10-8-12-15(16(13)14)20(18)22(4,5)6/h7-12H,1-6H3. The molecule has 0 heterocycles. The van der Waals surface area contributed by atoms with Gasteiger partial charge in [0, 0.05) is 13.6 Å². The van der Waals surface area contributed by atoms with Crippen LogP contribution in [-0.4, -0.2) is 15.5 Å². The molecule has 0 nitrogen and oxygen atoms in total. The maximum absolute atomic E-state index is 6.95. The van der Waals surface area contributed by atoms with Crippen LogP contribution in [0.4, 0.5) is 0 Å². The zero-order valence-corrected chi connectivity index (χ0v) is 19.4. The van der Waals surface area contributed by atoms with E-state index in [0.717, 1.165) is 0 Å². The zero-order valence-electron chi connectivity index (χ0n) is 14.1. The van der Waals surface area contributed by atoms with E-state index >= 15 is 0 Å². The van der Waals surface area contributed by atoms with E-state index in [9.17, 15) is 0 Å². The molecule has 2 aromatic carbocycles. The Morgan fingerprint density at radius 2 is 1.05 bits per heavy atom. The molecule has 2 unspecified atom stereocenters. The lowest BCUT2D eigenvalue weighted by atomic mass is 10.1. The monoisotopic (exact) mass is 404 g/mol. The molecule has 0 aliphatic rings. The van der Waals surface area contributed by atoms with Gasteiger partial charge in [0.05, 0.1) is 15.5 Å². The van der Waals surface area contributed by atoms with E-state index in [1.807, 2.05) is 0 Å². The molecule has 0 aromatic heterocycles. The largest absolute Gasteiger partial charge is 0.0963 e. The van der Waals surface area contributed by atoms with Crippen LogP contribution in [0.5, 0.6) is 0 Å². The lowest BCUT2D eigenvalue weighted by Crippen LogP contribution is -2.26. The van der Waals surface area contributed by atoms with E-state index in [1.165, 1.54) is 21.4 Å². The summed E-state index contributed by atoms with van der Waals surface area (Å²) in [5.41, 5.74) is 0. The molecule has 0 aliphatic carbocycles. The van der Waals surface area contributed by atoms with Crippen molar-refractivity contribution in [3.05, 3.63) is 36.4 Å². The molecule has 0 fully saturated rings. The Balaban J connectivity index is 2.75. The molecule has 0 amide bonds. The Labute approximate surface area is 148 Å². The molecule has 6 heteroatoms. The molecule has 0 saturated heterocycles. The maximum atomic E-state index is 6.95. The van der Waals surface area contributed by atoms with Crippen LogP contribution in [0.25, 0.3) is 10.8 Å². The van der Waals surface area contributed by atoms with Gasteiger partial charge in [-0.25, -0.2) is 0 Å². The Bertz CT molecular complexity index is 623. The van der Waals surface area contributed by atoms with Gasteiger partial charge in [-0.3, -0.25) is 0 Å². The Hall–Kier alpha value is 0.574.